The van der Waals surface area contributed by atoms with Gasteiger partial charge in [-0.3, -0.25) is 4.79 Å². The third-order valence-electron chi connectivity index (χ3n) is 5.24. The molecule has 2 fully saturated rings. The number of rotatable bonds is 5. The van der Waals surface area contributed by atoms with Gasteiger partial charge in [-0.1, -0.05) is 11.2 Å². The van der Waals surface area contributed by atoms with Crippen LogP contribution in [0.15, 0.2) is 22.0 Å². The standard InChI is InChI=1S/C18H24N4O2S/c23-17(22-11-7-14(8-12-22)21-9-1-2-10-21)6-5-16-19-18(20-24-16)15-4-3-13-25-15/h3-4,13-14H,1-2,5-12H2. The van der Waals surface area contributed by atoms with E-state index in [-0.39, 0.29) is 5.91 Å². The van der Waals surface area contributed by atoms with Gasteiger partial charge in [0.05, 0.1) is 4.88 Å². The zero-order chi connectivity index (χ0) is 17.1. The Bertz CT molecular complexity index is 686. The highest BCUT2D eigenvalue weighted by atomic mass is 32.1. The van der Waals surface area contributed by atoms with Crippen molar-refractivity contribution in [2.75, 3.05) is 26.2 Å². The Hall–Kier alpha value is -1.73. The van der Waals surface area contributed by atoms with E-state index < -0.39 is 0 Å². The number of thiophene rings is 1. The van der Waals surface area contributed by atoms with Gasteiger partial charge < -0.3 is 14.3 Å². The minimum absolute atomic E-state index is 0.204. The van der Waals surface area contributed by atoms with Crippen molar-refractivity contribution in [3.63, 3.8) is 0 Å². The molecule has 2 aromatic heterocycles. The number of piperidine rings is 1. The predicted octanol–water partition coefficient (Wildman–Crippen LogP) is 2.82. The molecule has 4 heterocycles. The van der Waals surface area contributed by atoms with Crippen molar-refractivity contribution in [2.45, 2.75) is 44.6 Å². The molecule has 0 saturated carbocycles. The smallest absolute Gasteiger partial charge is 0.227 e. The lowest BCUT2D eigenvalue weighted by molar-refractivity contribution is -0.132. The van der Waals surface area contributed by atoms with E-state index in [4.69, 9.17) is 4.52 Å². The van der Waals surface area contributed by atoms with E-state index in [1.54, 1.807) is 11.3 Å². The van der Waals surface area contributed by atoms with Gasteiger partial charge in [0.1, 0.15) is 0 Å². The van der Waals surface area contributed by atoms with Crippen LogP contribution in [0, 0.1) is 0 Å². The van der Waals surface area contributed by atoms with Crippen molar-refractivity contribution < 1.29 is 9.32 Å². The lowest BCUT2D eigenvalue weighted by Crippen LogP contribution is -2.45. The second-order valence-electron chi connectivity index (χ2n) is 6.84. The van der Waals surface area contributed by atoms with Crippen LogP contribution in [-0.4, -0.2) is 58.1 Å². The molecule has 7 heteroatoms. The highest BCUT2D eigenvalue weighted by molar-refractivity contribution is 7.13. The fourth-order valence-electron chi connectivity index (χ4n) is 3.82. The molecule has 25 heavy (non-hydrogen) atoms. The molecule has 2 saturated heterocycles. The minimum atomic E-state index is 0.204. The summed E-state index contributed by atoms with van der Waals surface area (Å²) in [5.41, 5.74) is 0. The molecule has 0 aromatic carbocycles. The summed E-state index contributed by atoms with van der Waals surface area (Å²) in [6.45, 7) is 4.24. The summed E-state index contributed by atoms with van der Waals surface area (Å²) in [7, 11) is 0. The van der Waals surface area contributed by atoms with Crippen molar-refractivity contribution in [1.82, 2.24) is 19.9 Å². The number of carbonyl (C=O) groups is 1. The van der Waals surface area contributed by atoms with Crippen LogP contribution >= 0.6 is 11.3 Å². The molecule has 0 N–H and O–H groups in total. The third-order valence-corrected chi connectivity index (χ3v) is 6.10. The Labute approximate surface area is 151 Å². The molecule has 0 spiro atoms. The Balaban J connectivity index is 1.24. The number of likely N-dealkylation sites (tertiary alicyclic amines) is 2. The fourth-order valence-corrected chi connectivity index (χ4v) is 4.47. The average Bonchev–Trinajstić information content (AvgIpc) is 3.42. The van der Waals surface area contributed by atoms with Crippen molar-refractivity contribution in [3.05, 3.63) is 23.4 Å². The first-order valence-corrected chi connectivity index (χ1v) is 10.1. The minimum Gasteiger partial charge on any atom is -0.343 e. The summed E-state index contributed by atoms with van der Waals surface area (Å²) in [5.74, 6) is 1.36. The van der Waals surface area contributed by atoms with Gasteiger partial charge in [-0.15, -0.1) is 11.3 Å². The first-order chi connectivity index (χ1) is 12.3. The SMILES string of the molecule is O=C(CCc1nc(-c2cccs2)no1)N1CCC(N2CCCC2)CC1. The Morgan fingerprint density at radius 3 is 2.76 bits per heavy atom. The molecule has 134 valence electrons. The molecule has 2 aliphatic rings. The van der Waals surface area contributed by atoms with Gasteiger partial charge in [0.25, 0.3) is 0 Å². The molecule has 2 aromatic rings. The maximum atomic E-state index is 12.5. The first-order valence-electron chi connectivity index (χ1n) is 9.18. The number of carbonyl (C=O) groups excluding carboxylic acids is 1. The van der Waals surface area contributed by atoms with Gasteiger partial charge in [0.15, 0.2) is 0 Å². The van der Waals surface area contributed by atoms with Gasteiger partial charge in [-0.25, -0.2) is 0 Å². The van der Waals surface area contributed by atoms with Crippen molar-refractivity contribution in [2.24, 2.45) is 0 Å². The third kappa shape index (κ3) is 3.93. The number of aryl methyl sites for hydroxylation is 1. The van der Waals surface area contributed by atoms with Gasteiger partial charge in [-0.05, 0) is 50.2 Å². The average molecular weight is 360 g/mol. The topological polar surface area (TPSA) is 62.5 Å². The van der Waals surface area contributed by atoms with Crippen LogP contribution in [0.25, 0.3) is 10.7 Å². The maximum Gasteiger partial charge on any atom is 0.227 e. The summed E-state index contributed by atoms with van der Waals surface area (Å²) in [4.78, 5) is 22.4. The Kier molecular flexibility index (Phi) is 5.12. The second kappa shape index (κ2) is 7.66. The van der Waals surface area contributed by atoms with E-state index in [1.807, 2.05) is 22.4 Å². The molecule has 0 radical (unpaired) electrons. The van der Waals surface area contributed by atoms with Crippen LogP contribution < -0.4 is 0 Å². The summed E-state index contributed by atoms with van der Waals surface area (Å²) < 4.78 is 5.28. The van der Waals surface area contributed by atoms with E-state index in [1.165, 1.54) is 25.9 Å². The van der Waals surface area contributed by atoms with E-state index in [0.717, 1.165) is 30.8 Å². The van der Waals surface area contributed by atoms with E-state index in [0.29, 0.717) is 30.6 Å². The predicted molar refractivity (Wildman–Crippen MR) is 96.3 cm³/mol. The molecule has 4 rings (SSSR count). The number of aromatic nitrogens is 2. The molecule has 0 atom stereocenters. The summed E-state index contributed by atoms with van der Waals surface area (Å²) in [5, 5.41) is 5.98. The maximum absolute atomic E-state index is 12.5. The highest BCUT2D eigenvalue weighted by Crippen LogP contribution is 2.23. The summed E-state index contributed by atoms with van der Waals surface area (Å²) >= 11 is 1.58. The van der Waals surface area contributed by atoms with E-state index >= 15 is 0 Å². The second-order valence-corrected chi connectivity index (χ2v) is 7.79. The molecular formula is C18H24N4O2S. The molecule has 6 nitrogen and oxygen atoms in total. The van der Waals surface area contributed by atoms with E-state index in [2.05, 4.69) is 15.0 Å². The van der Waals surface area contributed by atoms with Crippen LogP contribution in [0.4, 0.5) is 0 Å². The van der Waals surface area contributed by atoms with Crippen LogP contribution in [0.1, 0.15) is 38.0 Å². The zero-order valence-corrected chi connectivity index (χ0v) is 15.2. The molecule has 1 amide bonds. The number of hydrogen-bond acceptors (Lipinski definition) is 6. The lowest BCUT2D eigenvalue weighted by atomic mass is 10.0. The van der Waals surface area contributed by atoms with Crippen LogP contribution in [-0.2, 0) is 11.2 Å². The number of amides is 1. The monoisotopic (exact) mass is 360 g/mol. The molecule has 2 aliphatic heterocycles. The zero-order valence-electron chi connectivity index (χ0n) is 14.4. The van der Waals surface area contributed by atoms with Gasteiger partial charge in [-0.2, -0.15) is 4.98 Å². The number of hydrogen-bond donors (Lipinski definition) is 0. The highest BCUT2D eigenvalue weighted by Gasteiger charge is 2.28. The van der Waals surface area contributed by atoms with Gasteiger partial charge in [0.2, 0.25) is 17.6 Å². The first kappa shape index (κ1) is 16.7. The molecule has 0 aliphatic carbocycles. The fraction of sp³-hybridized carbons (Fsp3) is 0.611. The molecule has 0 unspecified atom stereocenters. The van der Waals surface area contributed by atoms with Crippen LogP contribution in [0.5, 0.6) is 0 Å². The Morgan fingerprint density at radius 1 is 1.24 bits per heavy atom. The summed E-state index contributed by atoms with van der Waals surface area (Å²) in [6.07, 6.45) is 5.83. The quantitative estimate of drug-likeness (QED) is 0.820. The molecule has 0 bridgehead atoms. The van der Waals surface area contributed by atoms with Crippen molar-refractivity contribution in [1.29, 1.82) is 0 Å². The number of nitrogens with zero attached hydrogens (tertiary/aromatic N) is 4. The van der Waals surface area contributed by atoms with Crippen LogP contribution in [0.2, 0.25) is 0 Å². The lowest BCUT2D eigenvalue weighted by Gasteiger charge is -2.36. The Morgan fingerprint density at radius 2 is 2.04 bits per heavy atom. The van der Waals surface area contributed by atoms with Gasteiger partial charge >= 0.3 is 0 Å². The summed E-state index contributed by atoms with van der Waals surface area (Å²) in [6, 6.07) is 4.61. The van der Waals surface area contributed by atoms with Crippen molar-refractivity contribution >= 4 is 17.2 Å². The van der Waals surface area contributed by atoms with Crippen LogP contribution in [0.3, 0.4) is 0 Å². The van der Waals surface area contributed by atoms with E-state index in [9.17, 15) is 4.79 Å². The molecular weight excluding hydrogens is 336 g/mol. The normalized spacial score (nSPS) is 19.6. The van der Waals surface area contributed by atoms with Crippen molar-refractivity contribution in [3.8, 4) is 10.7 Å². The van der Waals surface area contributed by atoms with Gasteiger partial charge in [0, 0.05) is 32.0 Å². The largest absolute Gasteiger partial charge is 0.343 e.